The first-order valence-electron chi connectivity index (χ1n) is 4.38. The molecule has 2 heterocycles. The molecule has 1 N–H and O–H groups in total. The van der Waals surface area contributed by atoms with Gasteiger partial charge in [0.1, 0.15) is 0 Å². The van der Waals surface area contributed by atoms with Crippen LogP contribution in [0.1, 0.15) is 25.7 Å². The van der Waals surface area contributed by atoms with Gasteiger partial charge in [-0.25, -0.2) is 4.79 Å². The summed E-state index contributed by atoms with van der Waals surface area (Å²) in [5.41, 5.74) is 0. The van der Waals surface area contributed by atoms with Crippen LogP contribution in [0.2, 0.25) is 0 Å². The van der Waals surface area contributed by atoms with E-state index in [4.69, 9.17) is 0 Å². The van der Waals surface area contributed by atoms with Crippen molar-refractivity contribution in [3.05, 3.63) is 0 Å². The van der Waals surface area contributed by atoms with Crippen molar-refractivity contribution >= 4 is 11.9 Å². The van der Waals surface area contributed by atoms with E-state index in [1.54, 1.807) is 4.90 Å². The zero-order valence-electron chi connectivity index (χ0n) is 6.88. The highest BCUT2D eigenvalue weighted by atomic mass is 16.2. The number of nitrogens with one attached hydrogen (secondary N) is 1. The SMILES string of the molecule is O=C1CC2CCCCN2C(=O)N1. The van der Waals surface area contributed by atoms with Crippen LogP contribution in [0.25, 0.3) is 0 Å². The van der Waals surface area contributed by atoms with E-state index in [-0.39, 0.29) is 18.0 Å². The summed E-state index contributed by atoms with van der Waals surface area (Å²) in [6.45, 7) is 0.809. The zero-order chi connectivity index (χ0) is 8.55. The number of fused-ring (bicyclic) bond motifs is 1. The average Bonchev–Trinajstić information content (AvgIpc) is 2.04. The molecule has 2 fully saturated rings. The van der Waals surface area contributed by atoms with Gasteiger partial charge in [-0.2, -0.15) is 0 Å². The minimum absolute atomic E-state index is 0.122. The molecule has 0 aromatic heterocycles. The molecule has 12 heavy (non-hydrogen) atoms. The molecule has 4 nitrogen and oxygen atoms in total. The topological polar surface area (TPSA) is 49.4 Å². The monoisotopic (exact) mass is 168 g/mol. The van der Waals surface area contributed by atoms with E-state index in [0.717, 1.165) is 25.8 Å². The van der Waals surface area contributed by atoms with Gasteiger partial charge in [-0.05, 0) is 19.3 Å². The van der Waals surface area contributed by atoms with E-state index < -0.39 is 0 Å². The van der Waals surface area contributed by atoms with Crippen LogP contribution in [-0.4, -0.2) is 29.4 Å². The van der Waals surface area contributed by atoms with E-state index in [2.05, 4.69) is 5.32 Å². The lowest BCUT2D eigenvalue weighted by Crippen LogP contribution is -2.56. The molecule has 3 amide bonds. The summed E-state index contributed by atoms with van der Waals surface area (Å²) < 4.78 is 0. The van der Waals surface area contributed by atoms with Gasteiger partial charge in [0.15, 0.2) is 0 Å². The summed E-state index contributed by atoms with van der Waals surface area (Å²) in [6, 6.07) is -0.0176. The molecule has 2 aliphatic rings. The Morgan fingerprint density at radius 1 is 1.33 bits per heavy atom. The third-order valence-electron chi connectivity index (χ3n) is 2.56. The maximum atomic E-state index is 11.2. The van der Waals surface area contributed by atoms with Crippen LogP contribution < -0.4 is 5.32 Å². The van der Waals surface area contributed by atoms with Crippen molar-refractivity contribution in [3.8, 4) is 0 Å². The molecular weight excluding hydrogens is 156 g/mol. The predicted molar refractivity (Wildman–Crippen MR) is 42.5 cm³/mol. The smallest absolute Gasteiger partial charge is 0.321 e. The van der Waals surface area contributed by atoms with Gasteiger partial charge in [0, 0.05) is 19.0 Å². The van der Waals surface area contributed by atoms with Crippen molar-refractivity contribution in [1.82, 2.24) is 10.2 Å². The highest BCUT2D eigenvalue weighted by molar-refractivity contribution is 5.97. The first kappa shape index (κ1) is 7.58. The second-order valence-corrected chi connectivity index (χ2v) is 3.40. The number of rotatable bonds is 0. The van der Waals surface area contributed by atoms with Gasteiger partial charge in [0.25, 0.3) is 0 Å². The number of carbonyl (C=O) groups is 2. The predicted octanol–water partition coefficient (Wildman–Crippen LogP) is 0.481. The number of carbonyl (C=O) groups excluding carboxylic acids is 2. The van der Waals surface area contributed by atoms with Gasteiger partial charge < -0.3 is 4.90 Å². The molecule has 0 aromatic rings. The molecule has 0 saturated carbocycles. The van der Waals surface area contributed by atoms with Crippen molar-refractivity contribution < 1.29 is 9.59 Å². The maximum absolute atomic E-state index is 11.2. The molecule has 0 spiro atoms. The molecule has 0 bridgehead atoms. The van der Waals surface area contributed by atoms with Gasteiger partial charge in [-0.3, -0.25) is 10.1 Å². The summed E-state index contributed by atoms with van der Waals surface area (Å²) in [4.78, 5) is 24.0. The lowest BCUT2D eigenvalue weighted by Gasteiger charge is -2.38. The number of amides is 3. The van der Waals surface area contributed by atoms with Crippen molar-refractivity contribution in [2.75, 3.05) is 6.54 Å². The Morgan fingerprint density at radius 2 is 2.17 bits per heavy atom. The number of hydrogen-bond donors (Lipinski definition) is 1. The number of hydrogen-bond acceptors (Lipinski definition) is 2. The Labute approximate surface area is 70.9 Å². The standard InChI is InChI=1S/C8H12N2O2/c11-7-5-6-3-1-2-4-10(6)8(12)9-7/h6H,1-5H2,(H,9,11,12). The molecule has 2 saturated heterocycles. The number of piperidine rings is 1. The van der Waals surface area contributed by atoms with E-state index in [9.17, 15) is 9.59 Å². The van der Waals surface area contributed by atoms with Crippen LogP contribution in [0.3, 0.4) is 0 Å². The first-order valence-corrected chi connectivity index (χ1v) is 4.38. The minimum atomic E-state index is -0.198. The van der Waals surface area contributed by atoms with E-state index >= 15 is 0 Å². The number of urea groups is 1. The fourth-order valence-electron chi connectivity index (χ4n) is 1.94. The van der Waals surface area contributed by atoms with Crippen molar-refractivity contribution in [1.29, 1.82) is 0 Å². The lowest BCUT2D eigenvalue weighted by molar-refractivity contribution is -0.123. The molecule has 1 atom stereocenters. The molecule has 0 aromatic carbocycles. The minimum Gasteiger partial charge on any atom is -0.321 e. The highest BCUT2D eigenvalue weighted by Gasteiger charge is 2.33. The maximum Gasteiger partial charge on any atom is 0.324 e. The summed E-state index contributed by atoms with van der Waals surface area (Å²) >= 11 is 0. The summed E-state index contributed by atoms with van der Waals surface area (Å²) in [7, 11) is 0. The molecule has 4 heteroatoms. The molecule has 66 valence electrons. The second kappa shape index (κ2) is 2.77. The third-order valence-corrected chi connectivity index (χ3v) is 2.56. The van der Waals surface area contributed by atoms with Crippen LogP contribution in [0.15, 0.2) is 0 Å². The lowest BCUT2D eigenvalue weighted by atomic mass is 9.98. The molecular formula is C8H12N2O2. The summed E-state index contributed by atoms with van der Waals surface area (Å²) in [5.74, 6) is -0.122. The van der Waals surface area contributed by atoms with Crippen LogP contribution in [0.5, 0.6) is 0 Å². The quantitative estimate of drug-likeness (QED) is 0.572. The van der Waals surface area contributed by atoms with Crippen LogP contribution in [0.4, 0.5) is 4.79 Å². The Hall–Kier alpha value is -1.06. The Kier molecular flexibility index (Phi) is 1.75. The summed E-state index contributed by atoms with van der Waals surface area (Å²) in [6.07, 6.45) is 3.69. The largest absolute Gasteiger partial charge is 0.324 e. The van der Waals surface area contributed by atoms with Gasteiger partial charge in [0.05, 0.1) is 0 Å². The fourth-order valence-corrected chi connectivity index (χ4v) is 1.94. The van der Waals surface area contributed by atoms with Gasteiger partial charge in [-0.1, -0.05) is 0 Å². The van der Waals surface area contributed by atoms with Crippen molar-refractivity contribution in [3.63, 3.8) is 0 Å². The van der Waals surface area contributed by atoms with Crippen molar-refractivity contribution in [2.24, 2.45) is 0 Å². The van der Waals surface area contributed by atoms with Gasteiger partial charge in [-0.15, -0.1) is 0 Å². The normalized spacial score (nSPS) is 29.7. The third kappa shape index (κ3) is 1.17. The molecule has 2 aliphatic heterocycles. The van der Waals surface area contributed by atoms with E-state index in [1.807, 2.05) is 0 Å². The van der Waals surface area contributed by atoms with Gasteiger partial charge >= 0.3 is 6.03 Å². The second-order valence-electron chi connectivity index (χ2n) is 3.40. The molecule has 1 unspecified atom stereocenters. The molecule has 2 rings (SSSR count). The molecule has 0 radical (unpaired) electrons. The Balaban J connectivity index is 2.11. The Morgan fingerprint density at radius 3 is 3.00 bits per heavy atom. The Bertz CT molecular complexity index is 227. The molecule has 0 aliphatic carbocycles. The average molecular weight is 168 g/mol. The van der Waals surface area contributed by atoms with E-state index in [0.29, 0.717) is 6.42 Å². The van der Waals surface area contributed by atoms with Crippen molar-refractivity contribution in [2.45, 2.75) is 31.7 Å². The van der Waals surface area contributed by atoms with E-state index in [1.165, 1.54) is 0 Å². The van der Waals surface area contributed by atoms with Crippen LogP contribution >= 0.6 is 0 Å². The van der Waals surface area contributed by atoms with Crippen LogP contribution in [-0.2, 0) is 4.79 Å². The highest BCUT2D eigenvalue weighted by Crippen LogP contribution is 2.21. The summed E-state index contributed by atoms with van der Waals surface area (Å²) in [5, 5.41) is 2.33. The number of nitrogens with zero attached hydrogens (tertiary/aromatic N) is 1. The van der Waals surface area contributed by atoms with Gasteiger partial charge in [0.2, 0.25) is 5.91 Å². The van der Waals surface area contributed by atoms with Crippen LogP contribution in [0, 0.1) is 0 Å². The first-order chi connectivity index (χ1) is 5.77. The zero-order valence-corrected chi connectivity index (χ0v) is 6.88. The number of imide groups is 1. The fraction of sp³-hybridized carbons (Fsp3) is 0.750.